The van der Waals surface area contributed by atoms with Gasteiger partial charge in [-0.1, -0.05) is 19.8 Å². The molecule has 0 aromatic rings. The van der Waals surface area contributed by atoms with E-state index in [1.165, 1.54) is 0 Å². The van der Waals surface area contributed by atoms with Gasteiger partial charge in [0.25, 0.3) is 0 Å². The number of unbranched alkanes of at least 4 members (excludes halogenated alkanes) is 1. The summed E-state index contributed by atoms with van der Waals surface area (Å²) in [5.74, 6) is -0.424. The first-order valence-corrected chi connectivity index (χ1v) is 2.93. The van der Waals surface area contributed by atoms with Gasteiger partial charge in [-0.2, -0.15) is 10.5 Å². The van der Waals surface area contributed by atoms with Crippen LogP contribution in [0.5, 0.6) is 0 Å². The lowest BCUT2D eigenvalue weighted by atomic mass is 10.1. The third-order valence-corrected chi connectivity index (χ3v) is 1.05. The van der Waals surface area contributed by atoms with Crippen LogP contribution in [-0.2, 0) is 0 Å². The van der Waals surface area contributed by atoms with Crippen molar-refractivity contribution in [1.29, 1.82) is 10.5 Å². The molecule has 0 spiro atoms. The first kappa shape index (κ1) is 7.98. The zero-order valence-corrected chi connectivity index (χ0v) is 5.30. The van der Waals surface area contributed by atoms with E-state index in [0.29, 0.717) is 6.42 Å². The average Bonchev–Trinajstić information content (AvgIpc) is 1.91. The van der Waals surface area contributed by atoms with Gasteiger partial charge in [0.05, 0.1) is 12.1 Å². The van der Waals surface area contributed by atoms with Crippen LogP contribution in [-0.4, -0.2) is 0 Å². The smallest absolute Gasteiger partial charge is 0.133 e. The summed E-state index contributed by atoms with van der Waals surface area (Å²) in [6, 6.07) is 3.80. The molecule has 0 N–H and O–H groups in total. The van der Waals surface area contributed by atoms with Crippen molar-refractivity contribution in [2.45, 2.75) is 19.3 Å². The molecule has 0 aromatic heterocycles. The molecule has 0 fully saturated rings. The Morgan fingerprint density at radius 1 is 1.33 bits per heavy atom. The molecular formula is C7H9N2. The van der Waals surface area contributed by atoms with Gasteiger partial charge in [0, 0.05) is 0 Å². The van der Waals surface area contributed by atoms with E-state index in [4.69, 9.17) is 10.5 Å². The van der Waals surface area contributed by atoms with Gasteiger partial charge >= 0.3 is 0 Å². The molecule has 0 amide bonds. The zero-order valence-electron chi connectivity index (χ0n) is 5.30. The average molecular weight is 121 g/mol. The molecule has 2 nitrogen and oxygen atoms in total. The van der Waals surface area contributed by atoms with Crippen LogP contribution in [0.3, 0.4) is 0 Å². The Balaban J connectivity index is 3.38. The van der Waals surface area contributed by atoms with Crippen molar-refractivity contribution < 1.29 is 0 Å². The fourth-order valence-electron chi connectivity index (χ4n) is 0.506. The summed E-state index contributed by atoms with van der Waals surface area (Å²) in [7, 11) is 0. The minimum absolute atomic E-state index is 0.424. The lowest BCUT2D eigenvalue weighted by molar-refractivity contribution is 0.678. The van der Waals surface area contributed by atoms with Crippen molar-refractivity contribution in [1.82, 2.24) is 0 Å². The first-order chi connectivity index (χ1) is 4.35. The van der Waals surface area contributed by atoms with Crippen LogP contribution in [0.2, 0.25) is 0 Å². The molecule has 0 aliphatic rings. The van der Waals surface area contributed by atoms with Crippen LogP contribution in [0.15, 0.2) is 0 Å². The topological polar surface area (TPSA) is 47.6 Å². The quantitative estimate of drug-likeness (QED) is 0.570. The van der Waals surface area contributed by atoms with Crippen LogP contribution in [0, 0.1) is 35.5 Å². The van der Waals surface area contributed by atoms with Crippen LogP contribution in [0.4, 0.5) is 0 Å². The maximum atomic E-state index is 8.26. The van der Waals surface area contributed by atoms with Gasteiger partial charge in [-0.05, 0) is 6.42 Å². The molecule has 0 bridgehead atoms. The Kier molecular flexibility index (Phi) is 4.54. The monoisotopic (exact) mass is 121 g/mol. The van der Waals surface area contributed by atoms with Crippen LogP contribution < -0.4 is 0 Å². The highest BCUT2D eigenvalue weighted by molar-refractivity contribution is 4.98. The van der Waals surface area contributed by atoms with Crippen molar-refractivity contribution in [2.24, 2.45) is 5.92 Å². The van der Waals surface area contributed by atoms with Gasteiger partial charge in [-0.3, -0.25) is 0 Å². The summed E-state index contributed by atoms with van der Waals surface area (Å²) in [6.45, 7) is 3.61. The lowest BCUT2D eigenvalue weighted by Gasteiger charge is -1.93. The number of nitriles is 2. The van der Waals surface area contributed by atoms with E-state index in [0.717, 1.165) is 12.8 Å². The Hall–Kier alpha value is -1.02. The molecule has 9 heavy (non-hydrogen) atoms. The molecule has 1 radical (unpaired) electrons. The van der Waals surface area contributed by atoms with Crippen molar-refractivity contribution in [3.63, 3.8) is 0 Å². The molecule has 0 rings (SSSR count). The standard InChI is InChI=1S/C7H9N2/c1-2-3-4-7(5-8)6-9/h7H,1-4H2. The third kappa shape index (κ3) is 3.55. The molecular weight excluding hydrogens is 112 g/mol. The van der Waals surface area contributed by atoms with Crippen LogP contribution in [0.1, 0.15) is 19.3 Å². The second-order valence-electron chi connectivity index (χ2n) is 1.81. The zero-order chi connectivity index (χ0) is 7.11. The molecule has 0 saturated carbocycles. The summed E-state index contributed by atoms with van der Waals surface area (Å²) in [5.41, 5.74) is 0. The highest BCUT2D eigenvalue weighted by atomic mass is 14.3. The second kappa shape index (κ2) is 5.12. The molecule has 0 heterocycles. The SMILES string of the molecule is [CH2]CCCC(C#N)C#N. The van der Waals surface area contributed by atoms with Gasteiger partial charge in [0.15, 0.2) is 0 Å². The number of hydrogen-bond acceptors (Lipinski definition) is 2. The van der Waals surface area contributed by atoms with Crippen molar-refractivity contribution >= 4 is 0 Å². The van der Waals surface area contributed by atoms with Gasteiger partial charge in [-0.25, -0.2) is 0 Å². The molecule has 0 aliphatic carbocycles. The minimum atomic E-state index is -0.424. The van der Waals surface area contributed by atoms with E-state index in [2.05, 4.69) is 6.92 Å². The number of hydrogen-bond donors (Lipinski definition) is 0. The fraction of sp³-hybridized carbons (Fsp3) is 0.571. The Morgan fingerprint density at radius 2 is 1.89 bits per heavy atom. The van der Waals surface area contributed by atoms with E-state index in [1.807, 2.05) is 12.1 Å². The summed E-state index contributed by atoms with van der Waals surface area (Å²) in [6.07, 6.45) is 2.34. The third-order valence-electron chi connectivity index (χ3n) is 1.05. The maximum absolute atomic E-state index is 8.26. The van der Waals surface area contributed by atoms with E-state index < -0.39 is 5.92 Å². The van der Waals surface area contributed by atoms with Crippen molar-refractivity contribution in [3.8, 4) is 12.1 Å². The Bertz CT molecular complexity index is 124. The van der Waals surface area contributed by atoms with Crippen molar-refractivity contribution in [2.75, 3.05) is 0 Å². The van der Waals surface area contributed by atoms with Gasteiger partial charge in [0.2, 0.25) is 0 Å². The van der Waals surface area contributed by atoms with E-state index >= 15 is 0 Å². The summed E-state index contributed by atoms with van der Waals surface area (Å²) in [5, 5.41) is 16.5. The lowest BCUT2D eigenvalue weighted by Crippen LogP contribution is -1.90. The summed E-state index contributed by atoms with van der Waals surface area (Å²) in [4.78, 5) is 0. The molecule has 2 heteroatoms. The van der Waals surface area contributed by atoms with Crippen LogP contribution in [0.25, 0.3) is 0 Å². The predicted molar refractivity (Wildman–Crippen MR) is 33.9 cm³/mol. The Labute approximate surface area is 55.7 Å². The molecule has 0 aromatic carbocycles. The highest BCUT2D eigenvalue weighted by Gasteiger charge is 2.01. The van der Waals surface area contributed by atoms with E-state index in [9.17, 15) is 0 Å². The normalized spacial score (nSPS) is 8.44. The minimum Gasteiger partial charge on any atom is -0.197 e. The van der Waals surface area contributed by atoms with Crippen molar-refractivity contribution in [3.05, 3.63) is 6.92 Å². The highest BCUT2D eigenvalue weighted by Crippen LogP contribution is 2.04. The molecule has 0 saturated heterocycles. The molecule has 0 unspecified atom stereocenters. The molecule has 0 aliphatic heterocycles. The van der Waals surface area contributed by atoms with Gasteiger partial charge in [-0.15, -0.1) is 0 Å². The molecule has 0 atom stereocenters. The van der Waals surface area contributed by atoms with Gasteiger partial charge < -0.3 is 0 Å². The maximum Gasteiger partial charge on any atom is 0.133 e. The Morgan fingerprint density at radius 3 is 2.22 bits per heavy atom. The second-order valence-corrected chi connectivity index (χ2v) is 1.81. The first-order valence-electron chi connectivity index (χ1n) is 2.93. The van der Waals surface area contributed by atoms with E-state index in [1.54, 1.807) is 0 Å². The number of nitrogens with zero attached hydrogens (tertiary/aromatic N) is 2. The van der Waals surface area contributed by atoms with E-state index in [-0.39, 0.29) is 0 Å². The van der Waals surface area contributed by atoms with Gasteiger partial charge in [0.1, 0.15) is 5.92 Å². The predicted octanol–water partition coefficient (Wildman–Crippen LogP) is 1.65. The summed E-state index contributed by atoms with van der Waals surface area (Å²) >= 11 is 0. The number of rotatable bonds is 3. The fourth-order valence-corrected chi connectivity index (χ4v) is 0.506. The van der Waals surface area contributed by atoms with Crippen LogP contribution >= 0.6 is 0 Å². The summed E-state index contributed by atoms with van der Waals surface area (Å²) < 4.78 is 0. The molecule has 47 valence electrons. The largest absolute Gasteiger partial charge is 0.197 e.